The van der Waals surface area contributed by atoms with Crippen molar-refractivity contribution in [1.29, 1.82) is 0 Å². The molecule has 2 bridgehead atoms. The van der Waals surface area contributed by atoms with E-state index in [1.54, 1.807) is 5.48 Å². The second-order valence-corrected chi connectivity index (χ2v) is 7.99. The number of piperidine rings is 2. The molecule has 5 rings (SSSR count). The van der Waals surface area contributed by atoms with Gasteiger partial charge in [-0.15, -0.1) is 0 Å². The van der Waals surface area contributed by atoms with E-state index in [2.05, 4.69) is 22.1 Å². The average molecular weight is 358 g/mol. The molecular formula is C19H26N4O3. The summed E-state index contributed by atoms with van der Waals surface area (Å²) in [5, 5.41) is 12.1. The molecule has 0 radical (unpaired) electrons. The number of hydrogen-bond acceptors (Lipinski definition) is 5. The third-order valence-corrected chi connectivity index (χ3v) is 6.42. The number of amides is 2. The fraction of sp³-hybridized carbons (Fsp3) is 0.632. The van der Waals surface area contributed by atoms with Crippen molar-refractivity contribution in [2.45, 2.75) is 63.6 Å². The van der Waals surface area contributed by atoms with E-state index in [0.29, 0.717) is 18.2 Å². The number of carbonyl (C=O) groups is 2. The number of pyridine rings is 1. The first-order valence-electron chi connectivity index (χ1n) is 9.52. The molecule has 0 spiro atoms. The number of hydroxylamine groups is 1. The van der Waals surface area contributed by atoms with E-state index in [9.17, 15) is 9.59 Å². The fourth-order valence-corrected chi connectivity index (χ4v) is 4.84. The number of nitrogens with one attached hydrogen (secondary N) is 2. The monoisotopic (exact) mass is 358 g/mol. The van der Waals surface area contributed by atoms with Gasteiger partial charge in [0.05, 0.1) is 11.1 Å². The maximum absolute atomic E-state index is 12.2. The van der Waals surface area contributed by atoms with Gasteiger partial charge < -0.3 is 5.32 Å². The third-order valence-electron chi connectivity index (χ3n) is 6.42. The van der Waals surface area contributed by atoms with Gasteiger partial charge in [-0.05, 0) is 43.7 Å². The van der Waals surface area contributed by atoms with Crippen LogP contribution in [0.5, 0.6) is 0 Å². The zero-order valence-corrected chi connectivity index (χ0v) is 15.1. The van der Waals surface area contributed by atoms with Crippen molar-refractivity contribution in [3.05, 3.63) is 29.1 Å². The van der Waals surface area contributed by atoms with Crippen LogP contribution in [0, 0.1) is 5.92 Å². The molecule has 1 atom stereocenters. The quantitative estimate of drug-likeness (QED) is 0.559. The van der Waals surface area contributed by atoms with Gasteiger partial charge in [0.15, 0.2) is 0 Å². The molecule has 4 aliphatic rings. The summed E-state index contributed by atoms with van der Waals surface area (Å²) in [6.07, 6.45) is 7.48. The predicted molar refractivity (Wildman–Crippen MR) is 94.5 cm³/mol. The maximum atomic E-state index is 12.2. The van der Waals surface area contributed by atoms with Crippen molar-refractivity contribution in [2.75, 3.05) is 6.54 Å². The van der Waals surface area contributed by atoms with E-state index in [1.807, 2.05) is 6.07 Å². The van der Waals surface area contributed by atoms with Crippen LogP contribution in [-0.2, 0) is 17.8 Å². The van der Waals surface area contributed by atoms with Gasteiger partial charge in [0.2, 0.25) is 5.91 Å². The smallest absolute Gasteiger partial charge is 0.276 e. The Morgan fingerprint density at radius 2 is 2.23 bits per heavy atom. The van der Waals surface area contributed by atoms with Gasteiger partial charge in [0.25, 0.3) is 5.91 Å². The molecule has 1 aromatic rings. The van der Waals surface area contributed by atoms with Crippen LogP contribution >= 0.6 is 0 Å². The van der Waals surface area contributed by atoms with E-state index >= 15 is 0 Å². The Morgan fingerprint density at radius 3 is 2.88 bits per heavy atom. The number of fused-ring (bicyclic) bond motifs is 4. The SMILES string of the molecule is CC[C@@H]1Cc2ncc(C(=O)NO)cc2CN1CC12CCC(CC1)C(=O)N2. The molecule has 140 valence electrons. The van der Waals surface area contributed by atoms with Crippen molar-refractivity contribution < 1.29 is 14.8 Å². The highest BCUT2D eigenvalue weighted by Crippen LogP contribution is 2.39. The van der Waals surface area contributed by atoms with Gasteiger partial charge in [-0.2, -0.15) is 0 Å². The molecule has 0 unspecified atom stereocenters. The van der Waals surface area contributed by atoms with Crippen molar-refractivity contribution in [3.63, 3.8) is 0 Å². The average Bonchev–Trinajstić information content (AvgIpc) is 2.66. The zero-order valence-electron chi connectivity index (χ0n) is 15.1. The highest BCUT2D eigenvalue weighted by Gasteiger charge is 2.46. The summed E-state index contributed by atoms with van der Waals surface area (Å²) in [5.41, 5.74) is 3.98. The maximum Gasteiger partial charge on any atom is 0.276 e. The minimum Gasteiger partial charge on any atom is -0.349 e. The molecule has 3 aliphatic heterocycles. The minimum absolute atomic E-state index is 0.107. The first-order valence-corrected chi connectivity index (χ1v) is 9.52. The second kappa shape index (κ2) is 6.63. The largest absolute Gasteiger partial charge is 0.349 e. The lowest BCUT2D eigenvalue weighted by Crippen LogP contribution is -2.64. The lowest BCUT2D eigenvalue weighted by Gasteiger charge is -2.50. The second-order valence-electron chi connectivity index (χ2n) is 7.99. The van der Waals surface area contributed by atoms with Crippen molar-refractivity contribution in [2.24, 2.45) is 5.92 Å². The van der Waals surface area contributed by atoms with Crippen LogP contribution in [0.25, 0.3) is 0 Å². The molecule has 0 aromatic carbocycles. The number of rotatable bonds is 4. The normalized spacial score (nSPS) is 30.6. The number of hydrogen-bond donors (Lipinski definition) is 3. The minimum atomic E-state index is -0.541. The standard InChI is InChI=1S/C19H26N4O3/c1-2-15-8-16-14(7-13(9-20-16)18(25)22-26)10-23(15)11-19-5-3-12(4-6-19)17(24)21-19/h7,9,12,15,26H,2-6,8,10-11H2,1H3,(H,21,24)(H,22,25)/t12?,15-,19?/m1/s1. The zero-order chi connectivity index (χ0) is 18.3. The Hall–Kier alpha value is -1.99. The molecule has 1 aromatic heterocycles. The molecule has 4 heterocycles. The van der Waals surface area contributed by atoms with E-state index in [4.69, 9.17) is 5.21 Å². The van der Waals surface area contributed by atoms with E-state index < -0.39 is 5.91 Å². The Kier molecular flexibility index (Phi) is 4.44. The first kappa shape index (κ1) is 17.4. The van der Waals surface area contributed by atoms with Crippen LogP contribution in [0.1, 0.15) is 60.6 Å². The summed E-state index contributed by atoms with van der Waals surface area (Å²) in [6.45, 7) is 3.75. The van der Waals surface area contributed by atoms with Crippen molar-refractivity contribution >= 4 is 11.8 Å². The molecule has 3 fully saturated rings. The van der Waals surface area contributed by atoms with Gasteiger partial charge in [0, 0.05) is 43.4 Å². The molecule has 3 N–H and O–H groups in total. The molecular weight excluding hydrogens is 332 g/mol. The van der Waals surface area contributed by atoms with Crippen LogP contribution in [0.2, 0.25) is 0 Å². The fourth-order valence-electron chi connectivity index (χ4n) is 4.84. The number of nitrogens with zero attached hydrogens (tertiary/aromatic N) is 2. The van der Waals surface area contributed by atoms with Crippen LogP contribution in [0.4, 0.5) is 0 Å². The van der Waals surface area contributed by atoms with Crippen molar-refractivity contribution in [1.82, 2.24) is 20.7 Å². The Balaban J connectivity index is 1.57. The molecule has 7 nitrogen and oxygen atoms in total. The van der Waals surface area contributed by atoms with Gasteiger partial charge in [-0.25, -0.2) is 5.48 Å². The summed E-state index contributed by atoms with van der Waals surface area (Å²) in [6, 6.07) is 2.21. The summed E-state index contributed by atoms with van der Waals surface area (Å²) in [5.74, 6) is -0.109. The molecule has 26 heavy (non-hydrogen) atoms. The van der Waals surface area contributed by atoms with E-state index in [1.165, 1.54) is 6.20 Å². The highest BCUT2D eigenvalue weighted by molar-refractivity contribution is 5.93. The van der Waals surface area contributed by atoms with E-state index in [-0.39, 0.29) is 17.4 Å². The molecule has 1 aliphatic carbocycles. The molecule has 1 saturated carbocycles. The Labute approximate surface area is 153 Å². The number of carbonyl (C=O) groups excluding carboxylic acids is 2. The van der Waals surface area contributed by atoms with Crippen LogP contribution in [-0.4, -0.2) is 45.0 Å². The summed E-state index contributed by atoms with van der Waals surface area (Å²) >= 11 is 0. The Morgan fingerprint density at radius 1 is 1.46 bits per heavy atom. The van der Waals surface area contributed by atoms with Gasteiger partial charge in [-0.1, -0.05) is 6.92 Å². The lowest BCUT2D eigenvalue weighted by molar-refractivity contribution is -0.135. The summed E-state index contributed by atoms with van der Waals surface area (Å²) in [7, 11) is 0. The number of aromatic nitrogens is 1. The molecule has 2 saturated heterocycles. The molecule has 2 amide bonds. The lowest BCUT2D eigenvalue weighted by atomic mass is 9.71. The first-order chi connectivity index (χ1) is 12.5. The van der Waals surface area contributed by atoms with Gasteiger partial charge in [-0.3, -0.25) is 24.7 Å². The van der Waals surface area contributed by atoms with Crippen LogP contribution in [0.3, 0.4) is 0 Å². The third kappa shape index (κ3) is 2.99. The van der Waals surface area contributed by atoms with E-state index in [0.717, 1.165) is 56.3 Å². The summed E-state index contributed by atoms with van der Waals surface area (Å²) in [4.78, 5) is 30.8. The van der Waals surface area contributed by atoms with Crippen molar-refractivity contribution in [3.8, 4) is 0 Å². The molecule has 7 heteroatoms. The van der Waals surface area contributed by atoms with Gasteiger partial charge >= 0.3 is 0 Å². The Bertz CT molecular complexity index is 727. The van der Waals surface area contributed by atoms with Crippen LogP contribution < -0.4 is 10.8 Å². The predicted octanol–water partition coefficient (Wildman–Crippen LogP) is 1.40. The summed E-state index contributed by atoms with van der Waals surface area (Å²) < 4.78 is 0. The van der Waals surface area contributed by atoms with Gasteiger partial charge in [0.1, 0.15) is 0 Å². The topological polar surface area (TPSA) is 94.6 Å². The van der Waals surface area contributed by atoms with Crippen LogP contribution in [0.15, 0.2) is 12.3 Å². The highest BCUT2D eigenvalue weighted by atomic mass is 16.5.